The lowest BCUT2D eigenvalue weighted by Gasteiger charge is -2.19. The first-order chi connectivity index (χ1) is 10.5. The molecule has 0 aliphatic heterocycles. The van der Waals surface area contributed by atoms with E-state index in [0.29, 0.717) is 5.92 Å². The summed E-state index contributed by atoms with van der Waals surface area (Å²) < 4.78 is 0. The van der Waals surface area contributed by atoms with Gasteiger partial charge in [-0.05, 0) is 41.9 Å². The van der Waals surface area contributed by atoms with Crippen LogP contribution in [0.5, 0.6) is 0 Å². The van der Waals surface area contributed by atoms with Gasteiger partial charge in [0, 0.05) is 6.42 Å². The van der Waals surface area contributed by atoms with Crippen LogP contribution in [0.1, 0.15) is 31.4 Å². The SMILES string of the molecule is Cc1ccc(-c2ccc(CC(CC(=O)O)C(C)C)cc2)cc1. The van der Waals surface area contributed by atoms with Crippen molar-refractivity contribution < 1.29 is 9.90 Å². The molecule has 0 bridgehead atoms. The molecule has 0 amide bonds. The van der Waals surface area contributed by atoms with E-state index in [0.717, 1.165) is 6.42 Å². The number of aliphatic carboxylic acids is 1. The lowest BCUT2D eigenvalue weighted by molar-refractivity contribution is -0.138. The van der Waals surface area contributed by atoms with Gasteiger partial charge in [-0.15, -0.1) is 0 Å². The predicted molar refractivity (Wildman–Crippen MR) is 90.9 cm³/mol. The number of carbonyl (C=O) groups is 1. The lowest BCUT2D eigenvalue weighted by atomic mass is 9.86. The van der Waals surface area contributed by atoms with Gasteiger partial charge in [0.05, 0.1) is 0 Å². The van der Waals surface area contributed by atoms with E-state index < -0.39 is 5.97 Å². The van der Waals surface area contributed by atoms with Crippen molar-refractivity contribution >= 4 is 5.97 Å². The van der Waals surface area contributed by atoms with Crippen LogP contribution in [0.15, 0.2) is 48.5 Å². The highest BCUT2D eigenvalue weighted by Crippen LogP contribution is 2.24. The first-order valence-corrected chi connectivity index (χ1v) is 7.83. The zero-order chi connectivity index (χ0) is 16.1. The quantitative estimate of drug-likeness (QED) is 0.818. The molecule has 1 atom stereocenters. The van der Waals surface area contributed by atoms with E-state index in [9.17, 15) is 4.79 Å². The minimum Gasteiger partial charge on any atom is -0.481 e. The molecule has 0 aromatic heterocycles. The van der Waals surface area contributed by atoms with Crippen LogP contribution < -0.4 is 0 Å². The molecule has 0 saturated carbocycles. The topological polar surface area (TPSA) is 37.3 Å². The van der Waals surface area contributed by atoms with Crippen molar-refractivity contribution in [2.45, 2.75) is 33.6 Å². The molecule has 22 heavy (non-hydrogen) atoms. The van der Waals surface area contributed by atoms with Crippen molar-refractivity contribution in [3.05, 3.63) is 59.7 Å². The molecule has 0 radical (unpaired) electrons. The smallest absolute Gasteiger partial charge is 0.303 e. The summed E-state index contributed by atoms with van der Waals surface area (Å²) in [7, 11) is 0. The van der Waals surface area contributed by atoms with Crippen molar-refractivity contribution in [1.29, 1.82) is 0 Å². The molecule has 116 valence electrons. The van der Waals surface area contributed by atoms with E-state index in [4.69, 9.17) is 5.11 Å². The van der Waals surface area contributed by atoms with Gasteiger partial charge in [0.1, 0.15) is 0 Å². The number of carboxylic acid groups (broad SMARTS) is 1. The highest BCUT2D eigenvalue weighted by molar-refractivity contribution is 5.67. The first-order valence-electron chi connectivity index (χ1n) is 7.83. The van der Waals surface area contributed by atoms with Gasteiger partial charge in [-0.3, -0.25) is 4.79 Å². The highest BCUT2D eigenvalue weighted by Gasteiger charge is 2.17. The summed E-state index contributed by atoms with van der Waals surface area (Å²) in [6.45, 7) is 6.27. The van der Waals surface area contributed by atoms with Gasteiger partial charge in [0.2, 0.25) is 0 Å². The monoisotopic (exact) mass is 296 g/mol. The van der Waals surface area contributed by atoms with Gasteiger partial charge in [-0.1, -0.05) is 67.9 Å². The molecule has 0 aliphatic rings. The van der Waals surface area contributed by atoms with Crippen molar-refractivity contribution in [2.75, 3.05) is 0 Å². The molecule has 0 saturated heterocycles. The minimum absolute atomic E-state index is 0.183. The standard InChI is InChI=1S/C20H24O2/c1-14(2)19(13-20(21)22)12-16-6-10-18(11-7-16)17-8-4-15(3)5-9-17/h4-11,14,19H,12-13H2,1-3H3,(H,21,22). The summed E-state index contributed by atoms with van der Waals surface area (Å²) in [5.41, 5.74) is 4.87. The summed E-state index contributed by atoms with van der Waals surface area (Å²) in [4.78, 5) is 11.0. The van der Waals surface area contributed by atoms with E-state index in [-0.39, 0.29) is 12.3 Å². The molecule has 2 aromatic rings. The van der Waals surface area contributed by atoms with E-state index in [1.807, 2.05) is 0 Å². The molecule has 0 spiro atoms. The van der Waals surface area contributed by atoms with Gasteiger partial charge < -0.3 is 5.11 Å². The number of hydrogen-bond acceptors (Lipinski definition) is 1. The highest BCUT2D eigenvalue weighted by atomic mass is 16.4. The molecular weight excluding hydrogens is 272 g/mol. The Labute approximate surface area is 132 Å². The normalized spacial score (nSPS) is 12.4. The molecule has 2 aromatic carbocycles. The van der Waals surface area contributed by atoms with Gasteiger partial charge in [0.25, 0.3) is 0 Å². The Morgan fingerprint density at radius 1 is 0.955 bits per heavy atom. The summed E-state index contributed by atoms with van der Waals surface area (Å²) in [5, 5.41) is 9.03. The van der Waals surface area contributed by atoms with Crippen LogP contribution in [-0.2, 0) is 11.2 Å². The van der Waals surface area contributed by atoms with Crippen LogP contribution in [0.3, 0.4) is 0 Å². The number of aryl methyl sites for hydroxylation is 1. The maximum Gasteiger partial charge on any atom is 0.303 e. The first kappa shape index (κ1) is 16.3. The molecule has 0 heterocycles. The second kappa shape index (κ2) is 7.26. The summed E-state index contributed by atoms with van der Waals surface area (Å²) in [6, 6.07) is 17.0. The zero-order valence-electron chi connectivity index (χ0n) is 13.5. The number of carboxylic acids is 1. The lowest BCUT2D eigenvalue weighted by Crippen LogP contribution is -2.16. The van der Waals surface area contributed by atoms with Crippen LogP contribution in [0.25, 0.3) is 11.1 Å². The minimum atomic E-state index is -0.713. The average molecular weight is 296 g/mol. The third kappa shape index (κ3) is 4.45. The predicted octanol–water partition coefficient (Wildman–Crippen LogP) is 4.95. The Hall–Kier alpha value is -2.09. The van der Waals surface area contributed by atoms with Gasteiger partial charge in [-0.25, -0.2) is 0 Å². The summed E-state index contributed by atoms with van der Waals surface area (Å²) >= 11 is 0. The third-order valence-corrected chi connectivity index (χ3v) is 4.22. The van der Waals surface area contributed by atoms with Crippen molar-refractivity contribution in [2.24, 2.45) is 11.8 Å². The molecule has 2 heteroatoms. The Morgan fingerprint density at radius 2 is 1.45 bits per heavy atom. The second-order valence-electron chi connectivity index (χ2n) is 6.37. The summed E-state index contributed by atoms with van der Waals surface area (Å²) in [6.07, 6.45) is 1.05. The molecule has 1 N–H and O–H groups in total. The fourth-order valence-corrected chi connectivity index (χ4v) is 2.65. The third-order valence-electron chi connectivity index (χ3n) is 4.22. The van der Waals surface area contributed by atoms with E-state index in [1.54, 1.807) is 0 Å². The van der Waals surface area contributed by atoms with Crippen LogP contribution in [-0.4, -0.2) is 11.1 Å². The second-order valence-corrected chi connectivity index (χ2v) is 6.37. The van der Waals surface area contributed by atoms with Crippen LogP contribution in [0.4, 0.5) is 0 Å². The number of hydrogen-bond donors (Lipinski definition) is 1. The van der Waals surface area contributed by atoms with E-state index in [1.165, 1.54) is 22.3 Å². The molecular formula is C20H24O2. The van der Waals surface area contributed by atoms with Crippen molar-refractivity contribution in [1.82, 2.24) is 0 Å². The van der Waals surface area contributed by atoms with Crippen LogP contribution >= 0.6 is 0 Å². The van der Waals surface area contributed by atoms with Gasteiger partial charge >= 0.3 is 5.97 Å². The maximum absolute atomic E-state index is 11.0. The van der Waals surface area contributed by atoms with Gasteiger partial charge in [-0.2, -0.15) is 0 Å². The maximum atomic E-state index is 11.0. The Bertz CT molecular complexity index is 609. The molecule has 2 nitrogen and oxygen atoms in total. The molecule has 0 aliphatic carbocycles. The van der Waals surface area contributed by atoms with Gasteiger partial charge in [0.15, 0.2) is 0 Å². The fourth-order valence-electron chi connectivity index (χ4n) is 2.65. The number of rotatable bonds is 6. The van der Waals surface area contributed by atoms with Crippen molar-refractivity contribution in [3.8, 4) is 11.1 Å². The van der Waals surface area contributed by atoms with E-state index >= 15 is 0 Å². The Kier molecular flexibility index (Phi) is 5.37. The Morgan fingerprint density at radius 3 is 1.91 bits per heavy atom. The molecule has 0 fully saturated rings. The zero-order valence-corrected chi connectivity index (χ0v) is 13.5. The van der Waals surface area contributed by atoms with Crippen LogP contribution in [0, 0.1) is 18.8 Å². The fraction of sp³-hybridized carbons (Fsp3) is 0.350. The van der Waals surface area contributed by atoms with Crippen molar-refractivity contribution in [3.63, 3.8) is 0 Å². The van der Waals surface area contributed by atoms with E-state index in [2.05, 4.69) is 69.3 Å². The Balaban J connectivity index is 2.11. The average Bonchev–Trinajstić information content (AvgIpc) is 2.48. The largest absolute Gasteiger partial charge is 0.481 e. The molecule has 1 unspecified atom stereocenters. The van der Waals surface area contributed by atoms with Crippen LogP contribution in [0.2, 0.25) is 0 Å². The summed E-state index contributed by atoms with van der Waals surface area (Å²) in [5.74, 6) is -0.162. The number of benzene rings is 2. The molecule has 2 rings (SSSR count).